The van der Waals surface area contributed by atoms with Crippen LogP contribution in [-0.2, 0) is 0 Å². The van der Waals surface area contributed by atoms with Crippen molar-refractivity contribution in [1.82, 2.24) is 5.32 Å². The lowest BCUT2D eigenvalue weighted by Gasteiger charge is -2.28. The maximum atomic E-state index is 13.2. The van der Waals surface area contributed by atoms with E-state index in [1.54, 1.807) is 6.07 Å². The van der Waals surface area contributed by atoms with E-state index in [0.29, 0.717) is 11.6 Å². The average molecular weight is 261 g/mol. The van der Waals surface area contributed by atoms with Crippen LogP contribution in [0.1, 0.15) is 31.7 Å². The summed E-state index contributed by atoms with van der Waals surface area (Å²) in [4.78, 5) is 2.20. The molecule has 1 saturated heterocycles. The standard InChI is InChI=1S/C15H20FN3/c1-2-8-19(11-14-4-3-7-18-14)15-6-5-13(16)9-12(15)10-17/h5-6,9,14,18H,2-4,7-8,11H2,1H3. The molecule has 0 radical (unpaired) electrons. The number of halogens is 1. The molecule has 0 aliphatic carbocycles. The first-order chi connectivity index (χ1) is 9.24. The summed E-state index contributed by atoms with van der Waals surface area (Å²) in [6.45, 7) is 4.95. The second-order valence-corrected chi connectivity index (χ2v) is 5.01. The molecule has 0 amide bonds. The molecule has 0 bridgehead atoms. The number of nitrogens with zero attached hydrogens (tertiary/aromatic N) is 2. The van der Waals surface area contributed by atoms with Gasteiger partial charge in [0.05, 0.1) is 11.3 Å². The predicted molar refractivity (Wildman–Crippen MR) is 74.6 cm³/mol. The lowest BCUT2D eigenvalue weighted by atomic mass is 10.1. The van der Waals surface area contributed by atoms with Crippen LogP contribution in [0.3, 0.4) is 0 Å². The van der Waals surface area contributed by atoms with Crippen LogP contribution >= 0.6 is 0 Å². The van der Waals surface area contributed by atoms with E-state index in [9.17, 15) is 4.39 Å². The number of nitrogens with one attached hydrogen (secondary N) is 1. The van der Waals surface area contributed by atoms with E-state index in [2.05, 4.69) is 23.2 Å². The van der Waals surface area contributed by atoms with Crippen LogP contribution in [0.2, 0.25) is 0 Å². The van der Waals surface area contributed by atoms with Gasteiger partial charge in [0.25, 0.3) is 0 Å². The van der Waals surface area contributed by atoms with Crippen molar-refractivity contribution in [2.45, 2.75) is 32.2 Å². The molecule has 1 unspecified atom stereocenters. The number of anilines is 1. The average Bonchev–Trinajstić information content (AvgIpc) is 2.91. The molecule has 0 spiro atoms. The van der Waals surface area contributed by atoms with Gasteiger partial charge in [-0.15, -0.1) is 0 Å². The summed E-state index contributed by atoms with van der Waals surface area (Å²) in [6.07, 6.45) is 3.39. The third-order valence-electron chi connectivity index (χ3n) is 3.52. The Morgan fingerprint density at radius 2 is 2.37 bits per heavy atom. The first-order valence-electron chi connectivity index (χ1n) is 6.92. The highest BCUT2D eigenvalue weighted by Crippen LogP contribution is 2.22. The predicted octanol–water partition coefficient (Wildman–Crippen LogP) is 2.67. The number of hydrogen-bond donors (Lipinski definition) is 1. The SMILES string of the molecule is CCCN(CC1CCCN1)c1ccc(F)cc1C#N. The Morgan fingerprint density at radius 3 is 3.00 bits per heavy atom. The van der Waals surface area contributed by atoms with E-state index >= 15 is 0 Å². The van der Waals surface area contributed by atoms with Crippen molar-refractivity contribution in [1.29, 1.82) is 5.26 Å². The highest BCUT2D eigenvalue weighted by atomic mass is 19.1. The highest BCUT2D eigenvalue weighted by molar-refractivity contribution is 5.59. The van der Waals surface area contributed by atoms with Crippen LogP contribution in [0.25, 0.3) is 0 Å². The zero-order chi connectivity index (χ0) is 13.7. The molecule has 4 heteroatoms. The fourth-order valence-electron chi connectivity index (χ4n) is 2.63. The van der Waals surface area contributed by atoms with Crippen molar-refractivity contribution in [3.05, 3.63) is 29.6 Å². The lowest BCUT2D eigenvalue weighted by Crippen LogP contribution is -2.38. The van der Waals surface area contributed by atoms with Crippen LogP contribution in [-0.4, -0.2) is 25.7 Å². The summed E-state index contributed by atoms with van der Waals surface area (Å²) in [5, 5.41) is 12.6. The van der Waals surface area contributed by atoms with Crippen LogP contribution < -0.4 is 10.2 Å². The van der Waals surface area contributed by atoms with Gasteiger partial charge >= 0.3 is 0 Å². The normalized spacial score (nSPS) is 18.3. The van der Waals surface area contributed by atoms with Crippen molar-refractivity contribution < 1.29 is 4.39 Å². The van der Waals surface area contributed by atoms with Gasteiger partial charge in [0.15, 0.2) is 0 Å². The van der Waals surface area contributed by atoms with E-state index in [0.717, 1.165) is 31.7 Å². The number of rotatable bonds is 5. The van der Waals surface area contributed by atoms with Gasteiger partial charge in [-0.2, -0.15) is 5.26 Å². The zero-order valence-electron chi connectivity index (χ0n) is 11.3. The zero-order valence-corrected chi connectivity index (χ0v) is 11.3. The van der Waals surface area contributed by atoms with Gasteiger partial charge in [0, 0.05) is 19.1 Å². The molecular weight excluding hydrogens is 241 g/mol. The molecule has 1 atom stereocenters. The summed E-state index contributed by atoms with van der Waals surface area (Å²) >= 11 is 0. The van der Waals surface area contributed by atoms with Crippen LogP contribution in [0, 0.1) is 17.1 Å². The largest absolute Gasteiger partial charge is 0.369 e. The quantitative estimate of drug-likeness (QED) is 0.885. The third kappa shape index (κ3) is 3.45. The van der Waals surface area contributed by atoms with Crippen molar-refractivity contribution in [3.8, 4) is 6.07 Å². The minimum atomic E-state index is -0.351. The fourth-order valence-corrected chi connectivity index (χ4v) is 2.63. The second kappa shape index (κ2) is 6.53. The van der Waals surface area contributed by atoms with Gasteiger partial charge in [-0.3, -0.25) is 0 Å². The van der Waals surface area contributed by atoms with E-state index in [1.807, 2.05) is 0 Å². The van der Waals surface area contributed by atoms with Gasteiger partial charge in [0.1, 0.15) is 11.9 Å². The Hall–Kier alpha value is -1.60. The topological polar surface area (TPSA) is 39.1 Å². The van der Waals surface area contributed by atoms with Gasteiger partial charge in [-0.25, -0.2) is 4.39 Å². The monoisotopic (exact) mass is 261 g/mol. The van der Waals surface area contributed by atoms with Crippen molar-refractivity contribution in [3.63, 3.8) is 0 Å². The van der Waals surface area contributed by atoms with Crippen molar-refractivity contribution >= 4 is 5.69 Å². The highest BCUT2D eigenvalue weighted by Gasteiger charge is 2.19. The lowest BCUT2D eigenvalue weighted by molar-refractivity contribution is 0.577. The van der Waals surface area contributed by atoms with Crippen LogP contribution in [0.5, 0.6) is 0 Å². The molecule has 1 N–H and O–H groups in total. The molecule has 1 aliphatic rings. The maximum Gasteiger partial charge on any atom is 0.124 e. The van der Waals surface area contributed by atoms with E-state index < -0.39 is 0 Å². The van der Waals surface area contributed by atoms with Crippen LogP contribution in [0.15, 0.2) is 18.2 Å². The molecule has 19 heavy (non-hydrogen) atoms. The minimum Gasteiger partial charge on any atom is -0.369 e. The van der Waals surface area contributed by atoms with E-state index in [1.165, 1.54) is 25.0 Å². The molecular formula is C15H20FN3. The molecule has 2 rings (SSSR count). The third-order valence-corrected chi connectivity index (χ3v) is 3.52. The summed E-state index contributed by atoms with van der Waals surface area (Å²) < 4.78 is 13.2. The molecule has 0 saturated carbocycles. The van der Waals surface area contributed by atoms with Gasteiger partial charge in [0.2, 0.25) is 0 Å². The van der Waals surface area contributed by atoms with Gasteiger partial charge in [-0.1, -0.05) is 6.92 Å². The van der Waals surface area contributed by atoms with Gasteiger partial charge in [-0.05, 0) is 44.0 Å². The first-order valence-corrected chi connectivity index (χ1v) is 6.92. The molecule has 102 valence electrons. The number of nitriles is 1. The van der Waals surface area contributed by atoms with E-state index in [4.69, 9.17) is 5.26 Å². The Morgan fingerprint density at radius 1 is 1.53 bits per heavy atom. The summed E-state index contributed by atoms with van der Waals surface area (Å²) in [5.41, 5.74) is 1.27. The Kier molecular flexibility index (Phi) is 4.75. The smallest absolute Gasteiger partial charge is 0.124 e. The molecule has 1 aromatic rings. The van der Waals surface area contributed by atoms with Crippen molar-refractivity contribution in [2.75, 3.05) is 24.5 Å². The van der Waals surface area contributed by atoms with E-state index in [-0.39, 0.29) is 5.82 Å². The number of hydrogen-bond acceptors (Lipinski definition) is 3. The molecule has 1 fully saturated rings. The van der Waals surface area contributed by atoms with Crippen molar-refractivity contribution in [2.24, 2.45) is 0 Å². The molecule has 3 nitrogen and oxygen atoms in total. The number of benzene rings is 1. The first kappa shape index (κ1) is 13.8. The summed E-state index contributed by atoms with van der Waals surface area (Å²) in [6, 6.07) is 7.04. The molecule has 1 heterocycles. The Balaban J connectivity index is 2.20. The summed E-state index contributed by atoms with van der Waals surface area (Å²) in [5.74, 6) is -0.351. The summed E-state index contributed by atoms with van der Waals surface area (Å²) in [7, 11) is 0. The Labute approximate surface area is 114 Å². The fraction of sp³-hybridized carbons (Fsp3) is 0.533. The van der Waals surface area contributed by atoms with Gasteiger partial charge < -0.3 is 10.2 Å². The molecule has 1 aliphatic heterocycles. The Bertz CT molecular complexity index is 461. The minimum absolute atomic E-state index is 0.351. The molecule has 1 aromatic carbocycles. The molecule has 0 aromatic heterocycles. The van der Waals surface area contributed by atoms with Crippen LogP contribution in [0.4, 0.5) is 10.1 Å². The maximum absolute atomic E-state index is 13.2. The second-order valence-electron chi connectivity index (χ2n) is 5.01.